The molecule has 2 nitrogen and oxygen atoms in total. The van der Waals surface area contributed by atoms with Crippen LogP contribution in [-0.4, -0.2) is 5.11 Å². The summed E-state index contributed by atoms with van der Waals surface area (Å²) in [5.74, 6) is 0.312. The van der Waals surface area contributed by atoms with Gasteiger partial charge >= 0.3 is 0 Å². The van der Waals surface area contributed by atoms with Crippen molar-refractivity contribution in [2.75, 3.05) is 5.32 Å². The van der Waals surface area contributed by atoms with Crippen molar-refractivity contribution in [3.05, 3.63) is 43.6 Å². The summed E-state index contributed by atoms with van der Waals surface area (Å²) in [6.45, 7) is 5.86. The smallest absolute Gasteiger partial charge is 0.118 e. The highest BCUT2D eigenvalue weighted by molar-refractivity contribution is 7.20. The van der Waals surface area contributed by atoms with Gasteiger partial charge in [-0.1, -0.05) is 23.2 Å². The SMILES string of the molecule is Cc1cc(NC(C)c2cc(Cl)sc2Cl)c(C)cc1O. The van der Waals surface area contributed by atoms with Gasteiger partial charge in [-0.2, -0.15) is 0 Å². The fourth-order valence-corrected chi connectivity index (χ4v) is 3.56. The van der Waals surface area contributed by atoms with Crippen LogP contribution in [0.3, 0.4) is 0 Å². The lowest BCUT2D eigenvalue weighted by Gasteiger charge is -2.17. The van der Waals surface area contributed by atoms with E-state index in [1.165, 1.54) is 11.3 Å². The van der Waals surface area contributed by atoms with Crippen LogP contribution in [0.5, 0.6) is 5.75 Å². The minimum atomic E-state index is 0.0545. The summed E-state index contributed by atoms with van der Waals surface area (Å²) < 4.78 is 1.39. The number of nitrogens with one attached hydrogen (secondary N) is 1. The van der Waals surface area contributed by atoms with E-state index in [1.54, 1.807) is 6.07 Å². The van der Waals surface area contributed by atoms with Crippen molar-refractivity contribution in [3.8, 4) is 5.75 Å². The van der Waals surface area contributed by atoms with Gasteiger partial charge in [0.25, 0.3) is 0 Å². The highest BCUT2D eigenvalue weighted by atomic mass is 35.5. The van der Waals surface area contributed by atoms with Crippen molar-refractivity contribution >= 4 is 40.2 Å². The number of halogens is 2. The second-order valence-corrected chi connectivity index (χ2v) is 6.88. The molecule has 19 heavy (non-hydrogen) atoms. The van der Waals surface area contributed by atoms with E-state index in [-0.39, 0.29) is 6.04 Å². The zero-order valence-corrected chi connectivity index (χ0v) is 13.2. The number of aryl methyl sites for hydroxylation is 2. The Morgan fingerprint density at radius 3 is 2.42 bits per heavy atom. The molecule has 1 unspecified atom stereocenters. The summed E-state index contributed by atoms with van der Waals surface area (Å²) >= 11 is 13.5. The average molecular weight is 316 g/mol. The molecule has 0 bridgehead atoms. The Hall–Kier alpha value is -0.900. The van der Waals surface area contributed by atoms with Gasteiger partial charge in [-0.25, -0.2) is 0 Å². The molecule has 0 radical (unpaired) electrons. The van der Waals surface area contributed by atoms with E-state index in [4.69, 9.17) is 23.2 Å². The maximum absolute atomic E-state index is 9.66. The summed E-state index contributed by atoms with van der Waals surface area (Å²) in [6, 6.07) is 5.63. The Labute approximate surface area is 127 Å². The Morgan fingerprint density at radius 1 is 1.16 bits per heavy atom. The van der Waals surface area contributed by atoms with E-state index in [2.05, 4.69) is 5.32 Å². The van der Waals surface area contributed by atoms with Crippen LogP contribution in [0, 0.1) is 13.8 Å². The van der Waals surface area contributed by atoms with Crippen LogP contribution in [0.15, 0.2) is 18.2 Å². The van der Waals surface area contributed by atoms with Crippen LogP contribution >= 0.6 is 34.5 Å². The van der Waals surface area contributed by atoms with Crippen LogP contribution in [-0.2, 0) is 0 Å². The van der Waals surface area contributed by atoms with E-state index in [1.807, 2.05) is 32.9 Å². The first-order chi connectivity index (χ1) is 8.88. The Morgan fingerprint density at radius 2 is 1.84 bits per heavy atom. The molecule has 0 saturated heterocycles. The average Bonchev–Trinajstić information content (AvgIpc) is 2.65. The third-order valence-electron chi connectivity index (χ3n) is 3.06. The summed E-state index contributed by atoms with van der Waals surface area (Å²) in [5, 5.41) is 13.1. The van der Waals surface area contributed by atoms with E-state index < -0.39 is 0 Å². The third kappa shape index (κ3) is 3.16. The van der Waals surface area contributed by atoms with E-state index in [0.29, 0.717) is 14.4 Å². The lowest BCUT2D eigenvalue weighted by Crippen LogP contribution is -2.07. The highest BCUT2D eigenvalue weighted by Crippen LogP contribution is 2.37. The molecule has 2 rings (SSSR count). The number of rotatable bonds is 3. The molecule has 0 aliphatic carbocycles. The number of phenols is 1. The molecule has 5 heteroatoms. The predicted octanol–water partition coefficient (Wildman–Crippen LogP) is 5.55. The number of hydrogen-bond acceptors (Lipinski definition) is 3. The molecule has 0 saturated carbocycles. The van der Waals surface area contributed by atoms with E-state index in [0.717, 1.165) is 22.4 Å². The van der Waals surface area contributed by atoms with Gasteiger partial charge in [0.15, 0.2) is 0 Å². The van der Waals surface area contributed by atoms with Gasteiger partial charge in [0, 0.05) is 11.3 Å². The highest BCUT2D eigenvalue weighted by Gasteiger charge is 2.14. The molecule has 1 heterocycles. The Kier molecular flexibility index (Phi) is 4.29. The molecule has 0 amide bonds. The van der Waals surface area contributed by atoms with Gasteiger partial charge in [-0.15, -0.1) is 11.3 Å². The zero-order valence-electron chi connectivity index (χ0n) is 10.9. The van der Waals surface area contributed by atoms with E-state index >= 15 is 0 Å². The maximum Gasteiger partial charge on any atom is 0.118 e. The van der Waals surface area contributed by atoms with Gasteiger partial charge in [0.05, 0.1) is 14.7 Å². The van der Waals surface area contributed by atoms with Gasteiger partial charge in [0.1, 0.15) is 5.75 Å². The van der Waals surface area contributed by atoms with Crippen molar-refractivity contribution in [2.24, 2.45) is 0 Å². The topological polar surface area (TPSA) is 32.3 Å². The van der Waals surface area contributed by atoms with Gasteiger partial charge in [-0.05, 0) is 50.1 Å². The minimum Gasteiger partial charge on any atom is -0.508 e. The molecule has 2 N–H and O–H groups in total. The molecule has 102 valence electrons. The number of phenolic OH excluding ortho intramolecular Hbond substituents is 1. The first-order valence-corrected chi connectivity index (χ1v) is 7.47. The molecule has 0 aliphatic rings. The molecule has 1 aromatic heterocycles. The molecule has 0 aliphatic heterocycles. The monoisotopic (exact) mass is 315 g/mol. The van der Waals surface area contributed by atoms with Crippen LogP contribution in [0.25, 0.3) is 0 Å². The van der Waals surface area contributed by atoms with Gasteiger partial charge in [-0.3, -0.25) is 0 Å². The molecule has 0 spiro atoms. The molecule has 1 atom stereocenters. The van der Waals surface area contributed by atoms with Crippen molar-refractivity contribution in [1.29, 1.82) is 0 Å². The first kappa shape index (κ1) is 14.5. The second-order valence-electron chi connectivity index (χ2n) is 4.60. The summed E-state index contributed by atoms with van der Waals surface area (Å²) in [7, 11) is 0. The lowest BCUT2D eigenvalue weighted by atomic mass is 10.1. The summed E-state index contributed by atoms with van der Waals surface area (Å²) in [6.07, 6.45) is 0. The normalized spacial score (nSPS) is 12.5. The van der Waals surface area contributed by atoms with E-state index in [9.17, 15) is 5.11 Å². The van der Waals surface area contributed by atoms with Crippen molar-refractivity contribution in [2.45, 2.75) is 26.8 Å². The first-order valence-electron chi connectivity index (χ1n) is 5.90. The van der Waals surface area contributed by atoms with Crippen LogP contribution < -0.4 is 5.32 Å². The maximum atomic E-state index is 9.66. The molecule has 0 fully saturated rings. The van der Waals surface area contributed by atoms with Gasteiger partial charge < -0.3 is 10.4 Å². The Bertz CT molecular complexity index is 610. The van der Waals surface area contributed by atoms with Crippen LogP contribution in [0.1, 0.15) is 29.7 Å². The van der Waals surface area contributed by atoms with Crippen LogP contribution in [0.2, 0.25) is 8.67 Å². The summed E-state index contributed by atoms with van der Waals surface area (Å²) in [4.78, 5) is 0. The molecule has 2 aromatic rings. The predicted molar refractivity (Wildman–Crippen MR) is 84.0 cm³/mol. The number of thiophene rings is 1. The number of hydrogen-bond donors (Lipinski definition) is 2. The summed E-state index contributed by atoms with van der Waals surface area (Å²) in [5.41, 5.74) is 3.81. The minimum absolute atomic E-state index is 0.0545. The van der Waals surface area contributed by atoms with Crippen molar-refractivity contribution in [3.63, 3.8) is 0 Å². The van der Waals surface area contributed by atoms with Crippen molar-refractivity contribution in [1.82, 2.24) is 0 Å². The van der Waals surface area contributed by atoms with Crippen LogP contribution in [0.4, 0.5) is 5.69 Å². The number of aromatic hydroxyl groups is 1. The largest absolute Gasteiger partial charge is 0.508 e. The number of benzene rings is 1. The second kappa shape index (κ2) is 5.61. The molecular weight excluding hydrogens is 301 g/mol. The quantitative estimate of drug-likeness (QED) is 0.728. The Balaban J connectivity index is 2.26. The lowest BCUT2D eigenvalue weighted by molar-refractivity contribution is 0.470. The molecule has 1 aromatic carbocycles. The zero-order chi connectivity index (χ0) is 14.2. The number of anilines is 1. The fraction of sp³-hybridized carbons (Fsp3) is 0.286. The fourth-order valence-electron chi connectivity index (χ4n) is 1.92. The van der Waals surface area contributed by atoms with Crippen molar-refractivity contribution < 1.29 is 5.11 Å². The standard InChI is InChI=1S/C14H15Cl2NOS/c1-7-5-12(18)8(2)4-11(7)17-9(3)10-6-13(15)19-14(10)16/h4-6,9,17-18H,1-3H3. The third-order valence-corrected chi connectivity index (χ3v) is 4.58. The van der Waals surface area contributed by atoms with Gasteiger partial charge in [0.2, 0.25) is 0 Å². The molecular formula is C14H15Cl2NOS.